The Hall–Kier alpha value is -3.00. The molecule has 0 bridgehead atoms. The van der Waals surface area contributed by atoms with E-state index in [1.807, 2.05) is 90.9 Å². The van der Waals surface area contributed by atoms with E-state index in [4.69, 9.17) is 33.6 Å². The molecule has 0 saturated carbocycles. The minimum absolute atomic E-state index is 0.376. The Morgan fingerprint density at radius 1 is 0.889 bits per heavy atom. The van der Waals surface area contributed by atoms with Crippen molar-refractivity contribution in [2.75, 3.05) is 0 Å². The van der Waals surface area contributed by atoms with Crippen LogP contribution in [0, 0.1) is 32.1 Å². The van der Waals surface area contributed by atoms with Gasteiger partial charge in [-0.05, 0) is 79.3 Å². The van der Waals surface area contributed by atoms with Crippen LogP contribution in [0.4, 0.5) is 0 Å². The number of aryl methyl sites for hydroxylation is 3. The lowest BCUT2D eigenvalue weighted by atomic mass is 9.99. The van der Waals surface area contributed by atoms with Crippen molar-refractivity contribution in [2.45, 2.75) is 68.4 Å². The average molecular weight is 532 g/mol. The topological polar surface area (TPSA) is 73.1 Å². The SMILES string of the molecule is CC.CC.CC#N.Cc1cc(Cc2ccc(Cl)cc2)c(Cl)cc1CNC=O.Cc1ccc(O)c(C)c1. The number of phenols is 1. The predicted molar refractivity (Wildman–Crippen MR) is 155 cm³/mol. The van der Waals surface area contributed by atoms with Crippen molar-refractivity contribution >= 4 is 29.6 Å². The van der Waals surface area contributed by atoms with Crippen molar-refractivity contribution in [1.82, 2.24) is 5.32 Å². The number of nitrogens with zero attached hydrogens (tertiary/aromatic N) is 1. The fraction of sp³-hybridized carbons (Fsp3) is 0.333. The minimum atomic E-state index is 0.376. The summed E-state index contributed by atoms with van der Waals surface area (Å²) in [5.74, 6) is 0.376. The molecule has 3 aromatic carbocycles. The van der Waals surface area contributed by atoms with Gasteiger partial charge in [-0.25, -0.2) is 0 Å². The van der Waals surface area contributed by atoms with Crippen molar-refractivity contribution in [3.8, 4) is 11.8 Å². The molecule has 3 rings (SSSR count). The van der Waals surface area contributed by atoms with E-state index in [1.54, 1.807) is 12.1 Å². The van der Waals surface area contributed by atoms with Crippen LogP contribution in [-0.4, -0.2) is 11.5 Å². The molecule has 0 atom stereocenters. The van der Waals surface area contributed by atoms with E-state index in [-0.39, 0.29) is 0 Å². The summed E-state index contributed by atoms with van der Waals surface area (Å²) in [4.78, 5) is 10.4. The third-order valence-corrected chi connectivity index (χ3v) is 5.14. The highest BCUT2D eigenvalue weighted by Crippen LogP contribution is 2.24. The quantitative estimate of drug-likeness (QED) is 0.323. The highest BCUT2D eigenvalue weighted by atomic mass is 35.5. The summed E-state index contributed by atoms with van der Waals surface area (Å²) < 4.78 is 0. The molecule has 2 N–H and O–H groups in total. The molecule has 3 aromatic rings. The first-order valence-electron chi connectivity index (χ1n) is 12.0. The number of halogens is 2. The largest absolute Gasteiger partial charge is 0.508 e. The lowest BCUT2D eigenvalue weighted by Gasteiger charge is -2.11. The molecule has 0 fully saturated rings. The molecule has 0 aliphatic rings. The molecule has 0 unspecified atom stereocenters. The van der Waals surface area contributed by atoms with Gasteiger partial charge in [0.25, 0.3) is 0 Å². The Morgan fingerprint density at radius 3 is 1.92 bits per heavy atom. The first kappa shape index (κ1) is 35.2. The van der Waals surface area contributed by atoms with Gasteiger partial charge in [-0.15, -0.1) is 0 Å². The van der Waals surface area contributed by atoms with Crippen LogP contribution < -0.4 is 5.32 Å². The van der Waals surface area contributed by atoms with Crippen molar-refractivity contribution in [2.24, 2.45) is 0 Å². The Labute approximate surface area is 227 Å². The van der Waals surface area contributed by atoms with Gasteiger partial charge in [0.05, 0.1) is 6.07 Å². The second-order valence-corrected chi connectivity index (χ2v) is 8.03. The summed E-state index contributed by atoms with van der Waals surface area (Å²) in [6.07, 6.45) is 1.45. The molecule has 0 spiro atoms. The zero-order chi connectivity index (χ0) is 28.1. The maximum Gasteiger partial charge on any atom is 0.207 e. The standard InChI is InChI=1S/C16H15Cl2NO.C8H10O.C2H3N.2C2H6/c1-11-6-13(7-12-2-4-15(17)5-3-12)16(18)8-14(11)9-19-10-20;1-6-3-4-8(9)7(2)5-6;1-2-3;2*1-2/h2-6,8,10H,7,9H2,1H3,(H,19,20);3-5,9H,1-2H3;1H3;2*1-2H3. The third-order valence-electron chi connectivity index (χ3n) is 4.54. The molecule has 0 aliphatic heterocycles. The molecule has 0 aliphatic carbocycles. The first-order valence-corrected chi connectivity index (χ1v) is 12.7. The number of amides is 1. The van der Waals surface area contributed by atoms with Crippen LogP contribution in [0.3, 0.4) is 0 Å². The minimum Gasteiger partial charge on any atom is -0.508 e. The first-order chi connectivity index (χ1) is 17.2. The molecule has 196 valence electrons. The summed E-state index contributed by atoms with van der Waals surface area (Å²) in [7, 11) is 0. The van der Waals surface area contributed by atoms with Crippen molar-refractivity contribution < 1.29 is 9.90 Å². The lowest BCUT2D eigenvalue weighted by molar-refractivity contribution is -0.109. The summed E-state index contributed by atoms with van der Waals surface area (Å²) in [5.41, 5.74) is 6.51. The van der Waals surface area contributed by atoms with Gasteiger partial charge in [0, 0.05) is 23.5 Å². The van der Waals surface area contributed by atoms with Crippen molar-refractivity contribution in [1.29, 1.82) is 5.26 Å². The normalized spacial score (nSPS) is 8.69. The Kier molecular flexibility index (Phi) is 20.8. The van der Waals surface area contributed by atoms with Crippen LogP contribution in [0.1, 0.15) is 68.0 Å². The molecule has 0 aromatic heterocycles. The molecule has 4 nitrogen and oxygen atoms in total. The highest BCUT2D eigenvalue weighted by Gasteiger charge is 2.07. The van der Waals surface area contributed by atoms with Gasteiger partial charge in [-0.1, -0.05) is 86.8 Å². The number of nitrogens with one attached hydrogen (secondary N) is 1. The van der Waals surface area contributed by atoms with Gasteiger partial charge in [0.15, 0.2) is 0 Å². The van der Waals surface area contributed by atoms with Crippen LogP contribution in [0.15, 0.2) is 54.6 Å². The fourth-order valence-corrected chi connectivity index (χ4v) is 3.27. The molecule has 1 amide bonds. The zero-order valence-corrected chi connectivity index (χ0v) is 24.3. The summed E-state index contributed by atoms with van der Waals surface area (Å²) >= 11 is 12.2. The average Bonchev–Trinajstić information content (AvgIpc) is 2.87. The smallest absolute Gasteiger partial charge is 0.207 e. The molecular formula is C30H40Cl2N2O2. The van der Waals surface area contributed by atoms with Gasteiger partial charge in [0.2, 0.25) is 6.41 Å². The molecule has 0 saturated heterocycles. The Bertz CT molecular complexity index is 1060. The highest BCUT2D eigenvalue weighted by molar-refractivity contribution is 6.31. The Balaban J connectivity index is 0. The summed E-state index contributed by atoms with van der Waals surface area (Å²) in [5, 5.41) is 20.5. The number of rotatable bonds is 5. The van der Waals surface area contributed by atoms with Crippen LogP contribution in [0.25, 0.3) is 0 Å². The molecule has 0 heterocycles. The number of benzene rings is 3. The van der Waals surface area contributed by atoms with Crippen LogP contribution >= 0.6 is 23.2 Å². The zero-order valence-electron chi connectivity index (χ0n) is 22.7. The van der Waals surface area contributed by atoms with Gasteiger partial charge in [0.1, 0.15) is 5.75 Å². The number of nitriles is 1. The molecular weight excluding hydrogens is 491 g/mol. The number of carbonyl (C=O) groups excluding carboxylic acids is 1. The van der Waals surface area contributed by atoms with E-state index >= 15 is 0 Å². The van der Waals surface area contributed by atoms with Crippen LogP contribution in [-0.2, 0) is 17.8 Å². The number of carbonyl (C=O) groups is 1. The van der Waals surface area contributed by atoms with Gasteiger partial charge >= 0.3 is 0 Å². The predicted octanol–water partition coefficient (Wildman–Crippen LogP) is 8.73. The van der Waals surface area contributed by atoms with Crippen LogP contribution in [0.5, 0.6) is 5.75 Å². The van der Waals surface area contributed by atoms with Crippen molar-refractivity contribution in [3.63, 3.8) is 0 Å². The maximum atomic E-state index is 10.4. The van der Waals surface area contributed by atoms with E-state index < -0.39 is 0 Å². The van der Waals surface area contributed by atoms with E-state index in [9.17, 15) is 4.79 Å². The monoisotopic (exact) mass is 530 g/mol. The number of hydrogen-bond acceptors (Lipinski definition) is 3. The lowest BCUT2D eigenvalue weighted by Crippen LogP contribution is -2.11. The molecule has 36 heavy (non-hydrogen) atoms. The number of aromatic hydroxyl groups is 1. The van der Waals surface area contributed by atoms with Gasteiger partial charge in [-0.2, -0.15) is 5.26 Å². The second-order valence-electron chi connectivity index (χ2n) is 7.19. The second kappa shape index (κ2) is 21.3. The summed E-state index contributed by atoms with van der Waals surface area (Å²) in [6.45, 7) is 15.8. The fourth-order valence-electron chi connectivity index (χ4n) is 2.89. The van der Waals surface area contributed by atoms with Crippen LogP contribution in [0.2, 0.25) is 10.0 Å². The van der Waals surface area contributed by atoms with E-state index in [0.717, 1.165) is 39.3 Å². The molecule has 6 heteroatoms. The van der Waals surface area contributed by atoms with E-state index in [1.165, 1.54) is 12.5 Å². The third kappa shape index (κ3) is 14.4. The van der Waals surface area contributed by atoms with Crippen molar-refractivity contribution in [3.05, 3.63) is 98.0 Å². The number of phenolic OH excluding ortho intramolecular Hbond substituents is 1. The van der Waals surface area contributed by atoms with Gasteiger partial charge < -0.3 is 10.4 Å². The molecule has 0 radical (unpaired) electrons. The van der Waals surface area contributed by atoms with E-state index in [0.29, 0.717) is 23.7 Å². The summed E-state index contributed by atoms with van der Waals surface area (Å²) in [6, 6.07) is 19.0. The Morgan fingerprint density at radius 2 is 1.44 bits per heavy atom. The van der Waals surface area contributed by atoms with Gasteiger partial charge in [-0.3, -0.25) is 4.79 Å². The number of hydrogen-bond donors (Lipinski definition) is 2. The maximum absolute atomic E-state index is 10.4. The van der Waals surface area contributed by atoms with E-state index in [2.05, 4.69) is 11.4 Å².